The van der Waals surface area contributed by atoms with E-state index in [4.69, 9.17) is 0 Å². The second-order valence-electron chi connectivity index (χ2n) is 10.0. The zero-order valence-corrected chi connectivity index (χ0v) is 29.1. The predicted molar refractivity (Wildman–Crippen MR) is 177 cm³/mol. The third kappa shape index (κ3) is 10.5. The van der Waals surface area contributed by atoms with Gasteiger partial charge in [0.25, 0.3) is 20.0 Å². The fraction of sp³-hybridized carbons (Fsp3) is 0.200. The molecule has 0 spiro atoms. The number of nitrogens with one attached hydrogen (secondary N) is 4. The molecule has 0 unspecified atom stereocenters. The Morgan fingerprint density at radius 1 is 0.540 bits per heavy atom. The van der Waals surface area contributed by atoms with Gasteiger partial charge in [-0.1, -0.05) is 24.3 Å². The number of amides is 4. The highest BCUT2D eigenvalue weighted by molar-refractivity contribution is 7.90. The number of carbonyl (C=O) groups excluding carboxylic acids is 4. The van der Waals surface area contributed by atoms with E-state index in [1.54, 1.807) is 39.8 Å². The summed E-state index contributed by atoms with van der Waals surface area (Å²) in [5.74, 6) is -1.74. The number of rotatable bonds is 8. The van der Waals surface area contributed by atoms with Crippen LogP contribution in [-0.2, 0) is 29.5 Å². The van der Waals surface area contributed by atoms with Gasteiger partial charge in [0.2, 0.25) is 11.9 Å². The van der Waals surface area contributed by atoms with Crippen LogP contribution in [0.2, 0.25) is 0 Å². The number of urea groups is 2. The molecule has 0 aliphatic rings. The molecule has 264 valence electrons. The maximum Gasteiger partial charge on any atom is 0.339 e. The third-order valence-corrected chi connectivity index (χ3v) is 8.81. The number of aryl methyl sites for hydroxylation is 4. The summed E-state index contributed by atoms with van der Waals surface area (Å²) in [4.78, 5) is 62.5. The first-order valence-corrected chi connectivity index (χ1v) is 17.1. The molecule has 4 aromatic rings. The number of anilines is 2. The van der Waals surface area contributed by atoms with Crippen molar-refractivity contribution in [2.45, 2.75) is 37.5 Å². The first-order chi connectivity index (χ1) is 23.4. The standard InChI is InChI=1S/2C15H16N4O5S/c2*1-9-8-10(2)17-14(16-9)18-15(21)19-25(22,23)12-7-5-4-6-11(12)13(20)24-3/h2*4-8H,1-3H3,(H2,16,17,18,19,21). The minimum Gasteiger partial charge on any atom is -0.465 e. The van der Waals surface area contributed by atoms with Gasteiger partial charge >= 0.3 is 24.0 Å². The van der Waals surface area contributed by atoms with Gasteiger partial charge in [0.15, 0.2) is 0 Å². The quantitative estimate of drug-likeness (QED) is 0.190. The Morgan fingerprint density at radius 2 is 0.840 bits per heavy atom. The molecule has 4 amide bonds. The van der Waals surface area contributed by atoms with E-state index in [0.717, 1.165) is 14.2 Å². The molecular weight excluding hydrogens is 697 g/mol. The molecule has 0 radical (unpaired) electrons. The van der Waals surface area contributed by atoms with E-state index in [9.17, 15) is 36.0 Å². The topological polar surface area (TPSA) is 255 Å². The van der Waals surface area contributed by atoms with Gasteiger partial charge in [-0.15, -0.1) is 0 Å². The molecule has 0 saturated carbocycles. The van der Waals surface area contributed by atoms with Gasteiger partial charge in [-0.2, -0.15) is 0 Å². The van der Waals surface area contributed by atoms with E-state index in [1.807, 2.05) is 9.44 Å². The predicted octanol–water partition coefficient (Wildman–Crippen LogP) is 2.78. The van der Waals surface area contributed by atoms with Gasteiger partial charge in [0.05, 0.1) is 25.3 Å². The zero-order valence-electron chi connectivity index (χ0n) is 27.5. The lowest BCUT2D eigenvalue weighted by Crippen LogP contribution is -2.35. The first-order valence-electron chi connectivity index (χ1n) is 14.1. The summed E-state index contributed by atoms with van der Waals surface area (Å²) in [6.45, 7) is 6.84. The number of hydrogen-bond donors (Lipinski definition) is 4. The fourth-order valence-corrected chi connectivity index (χ4v) is 6.34. The molecule has 0 fully saturated rings. The van der Waals surface area contributed by atoms with E-state index in [2.05, 4.69) is 40.0 Å². The van der Waals surface area contributed by atoms with Gasteiger partial charge in [-0.3, -0.25) is 10.6 Å². The Kier molecular flexibility index (Phi) is 12.6. The van der Waals surface area contributed by atoms with Crippen LogP contribution in [0.1, 0.15) is 43.5 Å². The lowest BCUT2D eigenvalue weighted by Gasteiger charge is -2.11. The smallest absolute Gasteiger partial charge is 0.339 e. The number of carbonyl (C=O) groups is 4. The van der Waals surface area contributed by atoms with Crippen LogP contribution in [0.4, 0.5) is 21.5 Å². The van der Waals surface area contributed by atoms with Crippen molar-refractivity contribution in [3.05, 3.63) is 94.6 Å². The highest BCUT2D eigenvalue weighted by Crippen LogP contribution is 2.18. The van der Waals surface area contributed by atoms with E-state index in [0.29, 0.717) is 22.8 Å². The maximum absolute atomic E-state index is 12.4. The molecule has 2 aromatic heterocycles. The Hall–Kier alpha value is -6.02. The van der Waals surface area contributed by atoms with Crippen LogP contribution in [0.3, 0.4) is 0 Å². The molecule has 0 aliphatic heterocycles. The highest BCUT2D eigenvalue weighted by Gasteiger charge is 2.26. The Balaban J connectivity index is 0.000000270. The number of esters is 2. The normalized spacial score (nSPS) is 10.8. The lowest BCUT2D eigenvalue weighted by molar-refractivity contribution is 0.0587. The number of hydrogen-bond acceptors (Lipinski definition) is 14. The summed E-state index contributed by atoms with van der Waals surface area (Å²) in [5.41, 5.74) is 2.08. The summed E-state index contributed by atoms with van der Waals surface area (Å²) >= 11 is 0. The van der Waals surface area contributed by atoms with Crippen LogP contribution in [0.25, 0.3) is 0 Å². The minimum absolute atomic E-state index is 0.0357. The number of ether oxygens (including phenoxy) is 2. The number of nitrogens with zero attached hydrogens (tertiary/aromatic N) is 4. The van der Waals surface area contributed by atoms with E-state index in [1.165, 1.54) is 48.5 Å². The molecule has 20 heteroatoms. The molecule has 0 aliphatic carbocycles. The Morgan fingerprint density at radius 3 is 1.14 bits per heavy atom. The number of sulfonamides is 2. The Labute approximate surface area is 287 Å². The van der Waals surface area contributed by atoms with Crippen LogP contribution in [-0.4, -0.2) is 75.0 Å². The van der Waals surface area contributed by atoms with Crippen LogP contribution >= 0.6 is 0 Å². The van der Waals surface area contributed by atoms with E-state index < -0.39 is 44.0 Å². The van der Waals surface area contributed by atoms with Crippen LogP contribution in [0.15, 0.2) is 70.5 Å². The third-order valence-electron chi connectivity index (χ3n) is 6.03. The molecule has 4 N–H and O–H groups in total. The molecule has 0 atom stereocenters. The molecule has 0 saturated heterocycles. The van der Waals surface area contributed by atoms with Crippen molar-refractivity contribution in [1.82, 2.24) is 29.4 Å². The Bertz CT molecular complexity index is 1970. The first kappa shape index (κ1) is 38.4. The van der Waals surface area contributed by atoms with Crippen LogP contribution in [0, 0.1) is 27.7 Å². The average Bonchev–Trinajstić information content (AvgIpc) is 3.02. The highest BCUT2D eigenvalue weighted by atomic mass is 32.2. The second kappa shape index (κ2) is 16.4. The molecular formula is C30H32N8O10S2. The van der Waals surface area contributed by atoms with Crippen molar-refractivity contribution < 1.29 is 45.5 Å². The fourth-order valence-electron chi connectivity index (χ4n) is 4.13. The van der Waals surface area contributed by atoms with Gasteiger partial charge < -0.3 is 9.47 Å². The van der Waals surface area contributed by atoms with Gasteiger partial charge in [0, 0.05) is 22.8 Å². The minimum atomic E-state index is -4.30. The maximum atomic E-state index is 12.4. The SMILES string of the molecule is COC(=O)c1ccccc1S(=O)(=O)NC(=O)Nc1nc(C)cc(C)n1.COC(=O)c1ccccc1S(=O)(=O)NC(=O)Nc1nc(C)cc(C)n1. The summed E-state index contributed by atoms with van der Waals surface area (Å²) in [6, 6.07) is 12.1. The number of aromatic nitrogens is 4. The summed E-state index contributed by atoms with van der Waals surface area (Å²) < 4.78 is 62.3. The monoisotopic (exact) mass is 728 g/mol. The van der Waals surface area contributed by atoms with Gasteiger partial charge in [-0.05, 0) is 64.1 Å². The van der Waals surface area contributed by atoms with E-state index >= 15 is 0 Å². The van der Waals surface area contributed by atoms with Crippen molar-refractivity contribution in [1.29, 1.82) is 0 Å². The molecule has 2 heterocycles. The molecule has 2 aromatic carbocycles. The van der Waals surface area contributed by atoms with Gasteiger partial charge in [0.1, 0.15) is 9.79 Å². The average molecular weight is 729 g/mol. The van der Waals surface area contributed by atoms with Crippen molar-refractivity contribution in [3.8, 4) is 0 Å². The largest absolute Gasteiger partial charge is 0.465 e. The van der Waals surface area contributed by atoms with Crippen molar-refractivity contribution >= 4 is 55.9 Å². The summed E-state index contributed by atoms with van der Waals surface area (Å²) in [7, 11) is -6.35. The number of benzene rings is 2. The van der Waals surface area contributed by atoms with Crippen LogP contribution in [0.5, 0.6) is 0 Å². The molecule has 18 nitrogen and oxygen atoms in total. The van der Waals surface area contributed by atoms with E-state index in [-0.39, 0.29) is 32.8 Å². The van der Waals surface area contributed by atoms with Crippen LogP contribution < -0.4 is 20.1 Å². The summed E-state index contributed by atoms with van der Waals surface area (Å²) in [5, 5.41) is 4.49. The van der Waals surface area contributed by atoms with Crippen molar-refractivity contribution in [2.75, 3.05) is 24.9 Å². The molecule has 0 bridgehead atoms. The molecule has 4 rings (SSSR count). The number of methoxy groups -OCH3 is 2. The summed E-state index contributed by atoms with van der Waals surface area (Å²) in [6.07, 6.45) is 0. The van der Waals surface area contributed by atoms with Gasteiger partial charge in [-0.25, -0.2) is 65.4 Å². The van der Waals surface area contributed by atoms with Crippen molar-refractivity contribution in [3.63, 3.8) is 0 Å². The lowest BCUT2D eigenvalue weighted by atomic mass is 10.2. The second-order valence-corrected chi connectivity index (χ2v) is 13.3. The molecule has 50 heavy (non-hydrogen) atoms. The van der Waals surface area contributed by atoms with Crippen molar-refractivity contribution in [2.24, 2.45) is 0 Å². The zero-order chi connectivity index (χ0) is 37.2.